The van der Waals surface area contributed by atoms with E-state index in [4.69, 9.17) is 9.47 Å². The second kappa shape index (κ2) is 7.64. The highest BCUT2D eigenvalue weighted by atomic mass is 16.5. The van der Waals surface area contributed by atoms with Crippen LogP contribution < -0.4 is 10.6 Å². The van der Waals surface area contributed by atoms with Crippen LogP contribution in [0.2, 0.25) is 0 Å². The molecule has 2 atom stereocenters. The van der Waals surface area contributed by atoms with Gasteiger partial charge in [-0.15, -0.1) is 0 Å². The maximum Gasteiger partial charge on any atom is 0.407 e. The van der Waals surface area contributed by atoms with Gasteiger partial charge < -0.3 is 20.1 Å². The molecule has 1 amide bonds. The average Bonchev–Trinajstić information content (AvgIpc) is 2.53. The zero-order chi connectivity index (χ0) is 15.1. The smallest absolute Gasteiger partial charge is 0.407 e. The lowest BCUT2D eigenvalue weighted by Gasteiger charge is -2.28. The Morgan fingerprint density at radius 1 is 1.29 bits per heavy atom. The molecule has 6 nitrogen and oxygen atoms in total. The molecule has 2 N–H and O–H groups in total. The fourth-order valence-corrected chi connectivity index (χ4v) is 2.33. The van der Waals surface area contributed by atoms with Crippen LogP contribution in [0.3, 0.4) is 0 Å². The van der Waals surface area contributed by atoms with E-state index in [0.717, 1.165) is 5.56 Å². The highest BCUT2D eigenvalue weighted by molar-refractivity contribution is 5.73. The number of nitrogens with one attached hydrogen (secondary N) is 2. The Hall–Kier alpha value is -2.08. The summed E-state index contributed by atoms with van der Waals surface area (Å²) in [5, 5.41) is 5.87. The van der Waals surface area contributed by atoms with Crippen LogP contribution in [-0.4, -0.2) is 38.3 Å². The van der Waals surface area contributed by atoms with E-state index in [0.29, 0.717) is 19.5 Å². The zero-order valence-electron chi connectivity index (χ0n) is 12.0. The first-order valence-corrected chi connectivity index (χ1v) is 6.95. The van der Waals surface area contributed by atoms with E-state index in [1.54, 1.807) is 0 Å². The molecule has 0 aromatic heterocycles. The topological polar surface area (TPSA) is 76.7 Å². The number of amides is 1. The van der Waals surface area contributed by atoms with Gasteiger partial charge in [-0.1, -0.05) is 30.3 Å². The van der Waals surface area contributed by atoms with Gasteiger partial charge in [-0.2, -0.15) is 0 Å². The van der Waals surface area contributed by atoms with Gasteiger partial charge in [-0.25, -0.2) is 4.79 Å². The molecule has 1 aromatic carbocycles. The van der Waals surface area contributed by atoms with Gasteiger partial charge in [-0.05, 0) is 12.0 Å². The van der Waals surface area contributed by atoms with Crippen LogP contribution in [0.4, 0.5) is 4.79 Å². The molecule has 1 aromatic rings. The monoisotopic (exact) mass is 292 g/mol. The molecule has 0 radical (unpaired) electrons. The van der Waals surface area contributed by atoms with Gasteiger partial charge >= 0.3 is 12.1 Å². The van der Waals surface area contributed by atoms with Crippen molar-refractivity contribution < 1.29 is 19.1 Å². The summed E-state index contributed by atoms with van der Waals surface area (Å²) in [6, 6.07) is 9.34. The van der Waals surface area contributed by atoms with E-state index >= 15 is 0 Å². The molecule has 0 bridgehead atoms. The molecule has 1 saturated heterocycles. The van der Waals surface area contributed by atoms with Gasteiger partial charge in [0.1, 0.15) is 6.61 Å². The molecule has 1 fully saturated rings. The summed E-state index contributed by atoms with van der Waals surface area (Å²) in [6.45, 7) is 1.42. The summed E-state index contributed by atoms with van der Waals surface area (Å²) in [5.41, 5.74) is 0.932. The third-order valence-corrected chi connectivity index (χ3v) is 3.42. The van der Waals surface area contributed by atoms with Crippen molar-refractivity contribution in [3.63, 3.8) is 0 Å². The Morgan fingerprint density at radius 3 is 2.76 bits per heavy atom. The van der Waals surface area contributed by atoms with Gasteiger partial charge in [-0.3, -0.25) is 4.79 Å². The first-order valence-electron chi connectivity index (χ1n) is 6.95. The van der Waals surface area contributed by atoms with E-state index < -0.39 is 6.09 Å². The van der Waals surface area contributed by atoms with Crippen LogP contribution in [0.25, 0.3) is 0 Å². The Balaban J connectivity index is 1.76. The Morgan fingerprint density at radius 2 is 2.05 bits per heavy atom. The van der Waals surface area contributed by atoms with Crippen molar-refractivity contribution >= 4 is 12.1 Å². The minimum absolute atomic E-state index is 0.133. The molecule has 21 heavy (non-hydrogen) atoms. The van der Waals surface area contributed by atoms with Crippen molar-refractivity contribution in [3.8, 4) is 0 Å². The molecular formula is C15H20N2O4. The summed E-state index contributed by atoms with van der Waals surface area (Å²) in [7, 11) is 1.37. The molecule has 2 rings (SSSR count). The van der Waals surface area contributed by atoms with Crippen LogP contribution in [0.15, 0.2) is 30.3 Å². The van der Waals surface area contributed by atoms with Gasteiger partial charge in [0.2, 0.25) is 0 Å². The predicted octanol–water partition coefficient (Wildman–Crippen LogP) is 1.06. The van der Waals surface area contributed by atoms with Crippen LogP contribution in [-0.2, 0) is 20.9 Å². The van der Waals surface area contributed by atoms with Crippen LogP contribution in [0.1, 0.15) is 12.0 Å². The summed E-state index contributed by atoms with van der Waals surface area (Å²) >= 11 is 0. The lowest BCUT2D eigenvalue weighted by atomic mass is 9.96. The molecule has 0 unspecified atom stereocenters. The number of methoxy groups -OCH3 is 1. The van der Waals surface area contributed by atoms with Gasteiger partial charge in [0, 0.05) is 19.1 Å². The third kappa shape index (κ3) is 4.75. The minimum Gasteiger partial charge on any atom is -0.469 e. The standard InChI is InChI=1S/C15H20N2O4/c1-20-14(18)12-7-13(9-16-8-12)17-15(19)21-10-11-5-3-2-4-6-11/h2-6,12-13,16H,7-10H2,1H3,(H,17,19)/t12-,13+/m0/s1. The first-order chi connectivity index (χ1) is 10.2. The number of carbonyl (C=O) groups excluding carboxylic acids is 2. The molecular weight excluding hydrogens is 272 g/mol. The molecule has 1 aliphatic heterocycles. The Labute approximate surface area is 123 Å². The van der Waals surface area contributed by atoms with Crippen LogP contribution in [0.5, 0.6) is 0 Å². The van der Waals surface area contributed by atoms with E-state index in [2.05, 4.69) is 10.6 Å². The van der Waals surface area contributed by atoms with Crippen molar-refractivity contribution in [2.45, 2.75) is 19.1 Å². The fourth-order valence-electron chi connectivity index (χ4n) is 2.33. The quantitative estimate of drug-likeness (QED) is 0.812. The molecule has 1 heterocycles. The number of esters is 1. The first kappa shape index (κ1) is 15.3. The lowest BCUT2D eigenvalue weighted by molar-refractivity contribution is -0.146. The van der Waals surface area contributed by atoms with E-state index in [9.17, 15) is 9.59 Å². The Bertz CT molecular complexity index is 478. The summed E-state index contributed by atoms with van der Waals surface area (Å²) < 4.78 is 9.88. The largest absolute Gasteiger partial charge is 0.469 e. The van der Waals surface area contributed by atoms with Crippen molar-refractivity contribution in [2.24, 2.45) is 5.92 Å². The van der Waals surface area contributed by atoms with Crippen molar-refractivity contribution in [1.29, 1.82) is 0 Å². The number of carbonyl (C=O) groups is 2. The maximum absolute atomic E-state index is 11.8. The van der Waals surface area contributed by atoms with Crippen LogP contribution >= 0.6 is 0 Å². The zero-order valence-corrected chi connectivity index (χ0v) is 12.0. The molecule has 0 aliphatic carbocycles. The third-order valence-electron chi connectivity index (χ3n) is 3.42. The molecule has 0 spiro atoms. The van der Waals surface area contributed by atoms with Crippen molar-refractivity contribution in [1.82, 2.24) is 10.6 Å². The van der Waals surface area contributed by atoms with Crippen molar-refractivity contribution in [3.05, 3.63) is 35.9 Å². The summed E-state index contributed by atoms with van der Waals surface area (Å²) in [6.07, 6.45) is 0.0799. The summed E-state index contributed by atoms with van der Waals surface area (Å²) in [4.78, 5) is 23.3. The minimum atomic E-state index is -0.476. The summed E-state index contributed by atoms with van der Waals surface area (Å²) in [5.74, 6) is -0.491. The SMILES string of the molecule is COC(=O)[C@@H]1CNC[C@H](NC(=O)OCc2ccccc2)C1. The predicted molar refractivity (Wildman–Crippen MR) is 76.5 cm³/mol. The number of alkyl carbamates (subject to hydrolysis) is 1. The normalized spacial score (nSPS) is 21.4. The van der Waals surface area contributed by atoms with E-state index in [1.807, 2.05) is 30.3 Å². The molecule has 1 aliphatic rings. The molecule has 6 heteroatoms. The number of hydrogen-bond acceptors (Lipinski definition) is 5. The highest BCUT2D eigenvalue weighted by Gasteiger charge is 2.28. The van der Waals surface area contributed by atoms with Crippen molar-refractivity contribution in [2.75, 3.05) is 20.2 Å². The van der Waals surface area contributed by atoms with E-state index in [1.165, 1.54) is 7.11 Å². The molecule has 114 valence electrons. The second-order valence-electron chi connectivity index (χ2n) is 5.02. The van der Waals surface area contributed by atoms with Gasteiger partial charge in [0.15, 0.2) is 0 Å². The lowest BCUT2D eigenvalue weighted by Crippen LogP contribution is -2.50. The maximum atomic E-state index is 11.8. The average molecular weight is 292 g/mol. The highest BCUT2D eigenvalue weighted by Crippen LogP contribution is 2.12. The number of hydrogen-bond donors (Lipinski definition) is 2. The Kier molecular flexibility index (Phi) is 5.57. The number of benzene rings is 1. The van der Waals surface area contributed by atoms with Gasteiger partial charge in [0.05, 0.1) is 13.0 Å². The fraction of sp³-hybridized carbons (Fsp3) is 0.467. The number of rotatable bonds is 4. The van der Waals surface area contributed by atoms with E-state index in [-0.39, 0.29) is 24.5 Å². The van der Waals surface area contributed by atoms with Gasteiger partial charge in [0.25, 0.3) is 0 Å². The van der Waals surface area contributed by atoms with Crippen LogP contribution in [0, 0.1) is 5.92 Å². The second-order valence-corrected chi connectivity index (χ2v) is 5.02. The number of piperidine rings is 1. The molecule has 0 saturated carbocycles. The number of ether oxygens (including phenoxy) is 2.